The first kappa shape index (κ1) is 13.4. The molecule has 1 saturated heterocycles. The number of nitrogens with zero attached hydrogens (tertiary/aromatic N) is 2. The molecule has 17 heavy (non-hydrogen) atoms. The Kier molecular flexibility index (Phi) is 4.94. The zero-order valence-corrected chi connectivity index (χ0v) is 12.9. The maximum Gasteiger partial charge on any atom is 0.124 e. The number of hydrogen-bond donors (Lipinski definition) is 1. The van der Waals surface area contributed by atoms with Gasteiger partial charge in [-0.1, -0.05) is 13.3 Å². The van der Waals surface area contributed by atoms with Crippen LogP contribution in [0.5, 0.6) is 0 Å². The lowest BCUT2D eigenvalue weighted by atomic mass is 10.0. The SMILES string of the molecule is CSC(C)CN1CCCCC1c1ncc(Br)[nH]1. The number of rotatable bonds is 4. The van der Waals surface area contributed by atoms with Gasteiger partial charge >= 0.3 is 0 Å². The molecule has 2 heterocycles. The molecule has 0 bridgehead atoms. The zero-order chi connectivity index (χ0) is 12.3. The number of H-pyrrole nitrogens is 1. The number of piperidine rings is 1. The zero-order valence-electron chi connectivity index (χ0n) is 10.4. The van der Waals surface area contributed by atoms with Crippen molar-refractivity contribution in [2.24, 2.45) is 0 Å². The monoisotopic (exact) mass is 317 g/mol. The van der Waals surface area contributed by atoms with E-state index in [0.29, 0.717) is 11.3 Å². The number of imidazole rings is 1. The van der Waals surface area contributed by atoms with Crippen molar-refractivity contribution in [3.05, 3.63) is 16.6 Å². The van der Waals surface area contributed by atoms with Crippen molar-refractivity contribution in [3.8, 4) is 0 Å². The molecule has 0 aliphatic carbocycles. The van der Waals surface area contributed by atoms with E-state index in [1.165, 1.54) is 25.8 Å². The number of aromatic nitrogens is 2. The van der Waals surface area contributed by atoms with Crippen LogP contribution in [0.3, 0.4) is 0 Å². The summed E-state index contributed by atoms with van der Waals surface area (Å²) in [6.07, 6.45) is 7.90. The van der Waals surface area contributed by atoms with Crippen LogP contribution >= 0.6 is 27.7 Å². The molecule has 96 valence electrons. The van der Waals surface area contributed by atoms with E-state index in [9.17, 15) is 0 Å². The van der Waals surface area contributed by atoms with Crippen molar-refractivity contribution < 1.29 is 0 Å². The van der Waals surface area contributed by atoms with Crippen molar-refractivity contribution in [1.29, 1.82) is 0 Å². The summed E-state index contributed by atoms with van der Waals surface area (Å²) in [5.41, 5.74) is 0. The molecule has 1 aromatic rings. The average Bonchev–Trinajstić information content (AvgIpc) is 2.76. The second-order valence-electron chi connectivity index (χ2n) is 4.67. The van der Waals surface area contributed by atoms with Gasteiger partial charge in [0.25, 0.3) is 0 Å². The lowest BCUT2D eigenvalue weighted by Crippen LogP contribution is -2.37. The van der Waals surface area contributed by atoms with Crippen LogP contribution in [-0.4, -0.2) is 39.5 Å². The van der Waals surface area contributed by atoms with Crippen molar-refractivity contribution in [3.63, 3.8) is 0 Å². The fraction of sp³-hybridized carbons (Fsp3) is 0.750. The summed E-state index contributed by atoms with van der Waals surface area (Å²) in [5, 5.41) is 0.689. The van der Waals surface area contributed by atoms with Crippen LogP contribution in [0.4, 0.5) is 0 Å². The normalized spacial score (nSPS) is 23.8. The third kappa shape index (κ3) is 3.48. The fourth-order valence-electron chi connectivity index (χ4n) is 2.41. The minimum Gasteiger partial charge on any atom is -0.335 e. The highest BCUT2D eigenvalue weighted by Crippen LogP contribution is 2.30. The summed E-state index contributed by atoms with van der Waals surface area (Å²) in [5.74, 6) is 1.12. The van der Waals surface area contributed by atoms with E-state index < -0.39 is 0 Å². The van der Waals surface area contributed by atoms with Gasteiger partial charge in [-0.25, -0.2) is 4.98 Å². The molecule has 1 aliphatic rings. The Balaban J connectivity index is 2.06. The topological polar surface area (TPSA) is 31.9 Å². The van der Waals surface area contributed by atoms with Gasteiger partial charge in [0.2, 0.25) is 0 Å². The van der Waals surface area contributed by atoms with Crippen molar-refractivity contribution in [2.45, 2.75) is 37.5 Å². The van der Waals surface area contributed by atoms with E-state index in [4.69, 9.17) is 0 Å². The van der Waals surface area contributed by atoms with Crippen LogP contribution in [-0.2, 0) is 0 Å². The molecule has 0 aromatic carbocycles. The molecular weight excluding hydrogens is 298 g/mol. The van der Waals surface area contributed by atoms with Crippen molar-refractivity contribution in [2.75, 3.05) is 19.3 Å². The second kappa shape index (κ2) is 6.25. The van der Waals surface area contributed by atoms with Gasteiger partial charge in [-0.05, 0) is 41.6 Å². The molecule has 1 N–H and O–H groups in total. The van der Waals surface area contributed by atoms with Gasteiger partial charge in [-0.15, -0.1) is 0 Å². The highest BCUT2D eigenvalue weighted by atomic mass is 79.9. The van der Waals surface area contributed by atoms with Crippen molar-refractivity contribution >= 4 is 27.7 Å². The lowest BCUT2D eigenvalue weighted by Gasteiger charge is -2.35. The first-order valence-corrected chi connectivity index (χ1v) is 8.26. The lowest BCUT2D eigenvalue weighted by molar-refractivity contribution is 0.145. The van der Waals surface area contributed by atoms with E-state index in [1.807, 2.05) is 18.0 Å². The summed E-state index contributed by atoms with van der Waals surface area (Å²) >= 11 is 5.38. The van der Waals surface area contributed by atoms with Crippen LogP contribution in [0.2, 0.25) is 0 Å². The van der Waals surface area contributed by atoms with Gasteiger partial charge in [-0.3, -0.25) is 4.90 Å². The smallest absolute Gasteiger partial charge is 0.124 e. The summed E-state index contributed by atoms with van der Waals surface area (Å²) in [7, 11) is 0. The molecule has 1 fully saturated rings. The van der Waals surface area contributed by atoms with Gasteiger partial charge < -0.3 is 4.98 Å². The van der Waals surface area contributed by atoms with Crippen LogP contribution in [0, 0.1) is 0 Å². The standard InChI is InChI=1S/C12H20BrN3S/c1-9(17-2)8-16-6-4-3-5-10(16)12-14-7-11(13)15-12/h7,9-10H,3-6,8H2,1-2H3,(H,14,15). The Bertz CT molecular complexity index is 355. The molecule has 1 aromatic heterocycles. The molecule has 0 radical (unpaired) electrons. The fourth-order valence-corrected chi connectivity index (χ4v) is 3.05. The molecule has 5 heteroatoms. The number of halogens is 1. The summed E-state index contributed by atoms with van der Waals surface area (Å²) in [4.78, 5) is 10.4. The summed E-state index contributed by atoms with van der Waals surface area (Å²) in [6.45, 7) is 4.66. The molecule has 0 saturated carbocycles. The number of thioether (sulfide) groups is 1. The van der Waals surface area contributed by atoms with E-state index in [2.05, 4.69) is 44.0 Å². The number of hydrogen-bond acceptors (Lipinski definition) is 3. The molecule has 2 rings (SSSR count). The van der Waals surface area contributed by atoms with E-state index in [0.717, 1.165) is 17.0 Å². The molecule has 1 aliphatic heterocycles. The largest absolute Gasteiger partial charge is 0.335 e. The number of nitrogens with one attached hydrogen (secondary N) is 1. The van der Waals surface area contributed by atoms with Crippen LogP contribution in [0.25, 0.3) is 0 Å². The predicted octanol–water partition coefficient (Wildman–Crippen LogP) is 3.45. The molecular formula is C12H20BrN3S. The quantitative estimate of drug-likeness (QED) is 0.923. The van der Waals surface area contributed by atoms with E-state index >= 15 is 0 Å². The van der Waals surface area contributed by atoms with Crippen LogP contribution in [0.15, 0.2) is 10.8 Å². The van der Waals surface area contributed by atoms with E-state index in [1.54, 1.807) is 0 Å². The first-order valence-electron chi connectivity index (χ1n) is 6.18. The molecule has 0 amide bonds. The molecule has 2 atom stereocenters. The average molecular weight is 318 g/mol. The Labute approximate surface area is 116 Å². The van der Waals surface area contributed by atoms with E-state index in [-0.39, 0.29) is 0 Å². The maximum absolute atomic E-state index is 4.47. The minimum absolute atomic E-state index is 0.477. The van der Waals surface area contributed by atoms with Crippen molar-refractivity contribution in [1.82, 2.24) is 14.9 Å². The van der Waals surface area contributed by atoms with Gasteiger partial charge in [0.05, 0.1) is 12.2 Å². The van der Waals surface area contributed by atoms with Gasteiger partial charge in [0.15, 0.2) is 0 Å². The van der Waals surface area contributed by atoms with Crippen LogP contribution in [0.1, 0.15) is 38.1 Å². The third-order valence-corrected chi connectivity index (χ3v) is 4.74. The molecule has 0 spiro atoms. The summed E-state index contributed by atoms with van der Waals surface area (Å²) in [6, 6.07) is 0.477. The number of likely N-dealkylation sites (tertiary alicyclic amines) is 1. The van der Waals surface area contributed by atoms with Gasteiger partial charge in [0.1, 0.15) is 10.4 Å². The first-order chi connectivity index (χ1) is 8.20. The van der Waals surface area contributed by atoms with Gasteiger partial charge in [0, 0.05) is 11.8 Å². The maximum atomic E-state index is 4.47. The highest BCUT2D eigenvalue weighted by molar-refractivity contribution is 9.10. The predicted molar refractivity (Wildman–Crippen MR) is 77.4 cm³/mol. The Morgan fingerprint density at radius 1 is 1.65 bits per heavy atom. The van der Waals surface area contributed by atoms with Crippen LogP contribution < -0.4 is 0 Å². The Morgan fingerprint density at radius 3 is 3.12 bits per heavy atom. The minimum atomic E-state index is 0.477. The highest BCUT2D eigenvalue weighted by Gasteiger charge is 2.26. The second-order valence-corrected chi connectivity index (χ2v) is 6.80. The number of aromatic amines is 1. The third-order valence-electron chi connectivity index (χ3n) is 3.39. The Hall–Kier alpha value is -0.0000000000000000555. The Morgan fingerprint density at radius 2 is 2.47 bits per heavy atom. The molecule has 2 unspecified atom stereocenters. The summed E-state index contributed by atoms with van der Waals surface area (Å²) < 4.78 is 0.982. The molecule has 3 nitrogen and oxygen atoms in total. The van der Waals surface area contributed by atoms with Gasteiger partial charge in [-0.2, -0.15) is 11.8 Å².